The van der Waals surface area contributed by atoms with Gasteiger partial charge in [-0.1, -0.05) is 12.8 Å². The molecule has 3 rings (SSSR count). The van der Waals surface area contributed by atoms with Crippen LogP contribution < -0.4 is 0 Å². The van der Waals surface area contributed by atoms with Crippen LogP contribution in [0.4, 0.5) is 0 Å². The molecule has 0 spiro atoms. The molecule has 0 heterocycles. The summed E-state index contributed by atoms with van der Waals surface area (Å²) in [7, 11) is 0. The first-order valence-electron chi connectivity index (χ1n) is 12.4. The van der Waals surface area contributed by atoms with Crippen molar-refractivity contribution in [1.29, 1.82) is 0 Å². The van der Waals surface area contributed by atoms with Crippen molar-refractivity contribution in [3.63, 3.8) is 0 Å². The largest absolute Gasteiger partial charge is 0.396 e. The Hall–Kier alpha value is -0.280. The van der Waals surface area contributed by atoms with E-state index in [1.165, 1.54) is 0 Å². The number of ether oxygens (including phenoxy) is 1. The standard InChI is InChI=1S/C24H44O7/c25-10-17-4-1-3-16(22(17)28)7-15-8-20(12-27)24(30)21(9-15)14-31-13-19-6-2-5-18(11-26)23(19)29/h15-30H,1-14H2. The van der Waals surface area contributed by atoms with Crippen molar-refractivity contribution in [3.8, 4) is 0 Å². The molecule has 0 amide bonds. The van der Waals surface area contributed by atoms with E-state index < -0.39 is 18.3 Å². The van der Waals surface area contributed by atoms with Crippen LogP contribution in [0.1, 0.15) is 57.8 Å². The van der Waals surface area contributed by atoms with Crippen molar-refractivity contribution in [2.75, 3.05) is 33.0 Å². The van der Waals surface area contributed by atoms with E-state index in [0.29, 0.717) is 19.1 Å². The van der Waals surface area contributed by atoms with Crippen molar-refractivity contribution < 1.29 is 35.4 Å². The Morgan fingerprint density at radius 2 is 1.00 bits per heavy atom. The summed E-state index contributed by atoms with van der Waals surface area (Å²) in [5, 5.41) is 60.6. The van der Waals surface area contributed by atoms with Gasteiger partial charge in [-0.2, -0.15) is 0 Å². The van der Waals surface area contributed by atoms with Crippen molar-refractivity contribution in [2.24, 2.45) is 41.4 Å². The molecule has 0 bridgehead atoms. The van der Waals surface area contributed by atoms with Gasteiger partial charge in [-0.15, -0.1) is 0 Å². The van der Waals surface area contributed by atoms with E-state index in [9.17, 15) is 30.6 Å². The van der Waals surface area contributed by atoms with Gasteiger partial charge in [0.05, 0.1) is 31.5 Å². The van der Waals surface area contributed by atoms with E-state index in [2.05, 4.69) is 0 Å². The maximum absolute atomic E-state index is 10.7. The average molecular weight is 445 g/mol. The smallest absolute Gasteiger partial charge is 0.0640 e. The van der Waals surface area contributed by atoms with Crippen LogP contribution in [0.2, 0.25) is 0 Å². The van der Waals surface area contributed by atoms with E-state index in [1.807, 2.05) is 0 Å². The lowest BCUT2D eigenvalue weighted by atomic mass is 9.68. The zero-order chi connectivity index (χ0) is 22.4. The minimum absolute atomic E-state index is 0.00300. The quantitative estimate of drug-likeness (QED) is 0.312. The van der Waals surface area contributed by atoms with Crippen molar-refractivity contribution in [1.82, 2.24) is 0 Å². The zero-order valence-electron chi connectivity index (χ0n) is 18.8. The minimum atomic E-state index is -0.607. The van der Waals surface area contributed by atoms with Gasteiger partial charge in [0.2, 0.25) is 0 Å². The van der Waals surface area contributed by atoms with Gasteiger partial charge >= 0.3 is 0 Å². The predicted molar refractivity (Wildman–Crippen MR) is 116 cm³/mol. The van der Waals surface area contributed by atoms with Gasteiger partial charge < -0.3 is 35.4 Å². The summed E-state index contributed by atoms with van der Waals surface area (Å²) in [4.78, 5) is 0. The molecule has 182 valence electrons. The van der Waals surface area contributed by atoms with Crippen molar-refractivity contribution >= 4 is 0 Å². The van der Waals surface area contributed by atoms with E-state index in [4.69, 9.17) is 4.74 Å². The van der Waals surface area contributed by atoms with Crippen LogP contribution in [0.15, 0.2) is 0 Å². The average Bonchev–Trinajstić information content (AvgIpc) is 2.78. The van der Waals surface area contributed by atoms with Gasteiger partial charge in [0.1, 0.15) is 0 Å². The Kier molecular flexibility index (Phi) is 10.0. The molecule has 0 aromatic rings. The lowest BCUT2D eigenvalue weighted by molar-refractivity contribution is -0.0854. The van der Waals surface area contributed by atoms with Crippen LogP contribution in [-0.2, 0) is 4.74 Å². The summed E-state index contributed by atoms with van der Waals surface area (Å²) in [5.41, 5.74) is 0. The third-order valence-electron chi connectivity index (χ3n) is 8.47. The highest BCUT2D eigenvalue weighted by Gasteiger charge is 2.40. The second kappa shape index (κ2) is 12.3. The molecule has 3 saturated carbocycles. The van der Waals surface area contributed by atoms with E-state index in [1.54, 1.807) is 0 Å². The van der Waals surface area contributed by atoms with Gasteiger partial charge in [-0.25, -0.2) is 0 Å². The normalized spacial score (nSPS) is 44.3. The molecule has 0 aliphatic heterocycles. The molecule has 3 fully saturated rings. The third kappa shape index (κ3) is 6.40. The molecule has 7 heteroatoms. The Labute approximate surface area is 186 Å². The first-order chi connectivity index (χ1) is 15.0. The van der Waals surface area contributed by atoms with Gasteiger partial charge in [0, 0.05) is 49.4 Å². The minimum Gasteiger partial charge on any atom is -0.396 e. The molecule has 0 aromatic carbocycles. The Balaban J connectivity index is 1.52. The molecule has 0 aromatic heterocycles. The fraction of sp³-hybridized carbons (Fsp3) is 1.00. The van der Waals surface area contributed by atoms with Crippen LogP contribution in [0.3, 0.4) is 0 Å². The Bertz CT molecular complexity index is 518. The highest BCUT2D eigenvalue weighted by molar-refractivity contribution is 4.90. The second-order valence-corrected chi connectivity index (χ2v) is 10.6. The maximum atomic E-state index is 10.7. The first kappa shape index (κ1) is 25.3. The molecular weight excluding hydrogens is 400 g/mol. The zero-order valence-corrected chi connectivity index (χ0v) is 18.8. The monoisotopic (exact) mass is 444 g/mol. The fourth-order valence-electron chi connectivity index (χ4n) is 6.53. The number of aliphatic hydroxyl groups excluding tert-OH is 6. The number of hydrogen-bond donors (Lipinski definition) is 6. The van der Waals surface area contributed by atoms with Crippen molar-refractivity contribution in [3.05, 3.63) is 0 Å². The van der Waals surface area contributed by atoms with Crippen LogP contribution >= 0.6 is 0 Å². The summed E-state index contributed by atoms with van der Waals surface area (Å²) >= 11 is 0. The maximum Gasteiger partial charge on any atom is 0.0640 e. The summed E-state index contributed by atoms with van der Waals surface area (Å²) in [6.07, 6.45) is 6.37. The van der Waals surface area contributed by atoms with E-state index in [0.717, 1.165) is 57.8 Å². The molecule has 7 nitrogen and oxygen atoms in total. The molecule has 10 unspecified atom stereocenters. The molecule has 0 radical (unpaired) electrons. The molecule has 3 aliphatic rings. The SMILES string of the molecule is OCC1CCCC(COCC2CC(CC3CCCC(CO)C3O)CC(CO)C2O)C1O. The van der Waals surface area contributed by atoms with Gasteiger partial charge in [-0.3, -0.25) is 0 Å². The molecule has 10 atom stereocenters. The number of aliphatic hydroxyl groups is 6. The summed E-state index contributed by atoms with van der Waals surface area (Å²) < 4.78 is 5.97. The molecule has 6 N–H and O–H groups in total. The van der Waals surface area contributed by atoms with Crippen LogP contribution in [0, 0.1) is 41.4 Å². The van der Waals surface area contributed by atoms with Gasteiger partial charge in [0.25, 0.3) is 0 Å². The summed E-state index contributed by atoms with van der Waals surface area (Å²) in [5.74, 6) is 0.134. The number of rotatable bonds is 9. The molecule has 3 aliphatic carbocycles. The van der Waals surface area contributed by atoms with E-state index >= 15 is 0 Å². The topological polar surface area (TPSA) is 131 Å². The lowest BCUT2D eigenvalue weighted by Crippen LogP contribution is -2.43. The summed E-state index contributed by atoms with van der Waals surface area (Å²) in [6.45, 7) is 0.798. The predicted octanol–water partition coefficient (Wildman–Crippen LogP) is 0.928. The van der Waals surface area contributed by atoms with E-state index in [-0.39, 0.29) is 55.3 Å². The Morgan fingerprint density at radius 3 is 1.61 bits per heavy atom. The van der Waals surface area contributed by atoms with Crippen LogP contribution in [0.5, 0.6) is 0 Å². The highest BCUT2D eigenvalue weighted by Crippen LogP contribution is 2.41. The third-order valence-corrected chi connectivity index (χ3v) is 8.47. The first-order valence-corrected chi connectivity index (χ1v) is 12.4. The summed E-state index contributed by atoms with van der Waals surface area (Å²) in [6, 6.07) is 0. The van der Waals surface area contributed by atoms with Crippen LogP contribution in [-0.4, -0.2) is 82.0 Å². The fourth-order valence-corrected chi connectivity index (χ4v) is 6.53. The molecule has 31 heavy (non-hydrogen) atoms. The number of hydrogen-bond acceptors (Lipinski definition) is 7. The second-order valence-electron chi connectivity index (χ2n) is 10.6. The molecule has 0 saturated heterocycles. The van der Waals surface area contributed by atoms with Crippen LogP contribution in [0.25, 0.3) is 0 Å². The van der Waals surface area contributed by atoms with Crippen molar-refractivity contribution in [2.45, 2.75) is 76.1 Å². The molecular formula is C24H44O7. The Morgan fingerprint density at radius 1 is 0.548 bits per heavy atom. The van der Waals surface area contributed by atoms with Gasteiger partial charge in [0.15, 0.2) is 0 Å². The van der Waals surface area contributed by atoms with Gasteiger partial charge in [-0.05, 0) is 56.8 Å². The lowest BCUT2D eigenvalue weighted by Gasteiger charge is -2.42. The highest BCUT2D eigenvalue weighted by atomic mass is 16.5.